The van der Waals surface area contributed by atoms with E-state index in [0.29, 0.717) is 24.2 Å². The van der Waals surface area contributed by atoms with E-state index in [-0.39, 0.29) is 22.2 Å². The van der Waals surface area contributed by atoms with Gasteiger partial charge in [-0.3, -0.25) is 4.79 Å². The second-order valence-electron chi connectivity index (χ2n) is 7.65. The van der Waals surface area contributed by atoms with E-state index in [4.69, 9.17) is 9.47 Å². The van der Waals surface area contributed by atoms with E-state index in [0.717, 1.165) is 19.3 Å². The minimum atomic E-state index is -0.369. The summed E-state index contributed by atoms with van der Waals surface area (Å²) in [4.78, 5) is 12.7. The van der Waals surface area contributed by atoms with E-state index in [1.165, 1.54) is 0 Å². The van der Waals surface area contributed by atoms with E-state index >= 15 is 0 Å². The first-order valence-electron chi connectivity index (χ1n) is 7.16. The molecule has 18 heavy (non-hydrogen) atoms. The molecule has 1 spiro atoms. The molecule has 4 fully saturated rings. The summed E-state index contributed by atoms with van der Waals surface area (Å²) in [6.45, 7) is 8.56. The highest BCUT2D eigenvalue weighted by Crippen LogP contribution is 2.71. The van der Waals surface area contributed by atoms with Crippen LogP contribution in [0.5, 0.6) is 0 Å². The molecule has 2 saturated carbocycles. The quantitative estimate of drug-likeness (QED) is 0.620. The number of epoxide rings is 1. The Morgan fingerprint density at radius 3 is 2.67 bits per heavy atom. The van der Waals surface area contributed by atoms with Gasteiger partial charge in [0.05, 0.1) is 17.1 Å². The Hall–Kier alpha value is -0.410. The Kier molecular flexibility index (Phi) is 1.72. The Balaban J connectivity index is 1.91. The zero-order valence-electron chi connectivity index (χ0n) is 11.7. The lowest BCUT2D eigenvalue weighted by atomic mass is 9.52. The third kappa shape index (κ3) is 0.935. The number of ketones is 1. The van der Waals surface area contributed by atoms with Crippen molar-refractivity contribution in [1.29, 1.82) is 0 Å². The van der Waals surface area contributed by atoms with Gasteiger partial charge in [0.2, 0.25) is 0 Å². The standard InChI is InChI=1S/C15H22O3/c1-12(2)9-7-10(16)13(3)6-5-11-14(4,17-11)15(13,8-9)18-12/h9,11H,5-8H2,1-4H3/t9-,11+,13+,14+,15-/m1/s1. The number of Topliss-reactive ketones (excluding diaryl/α,β-unsaturated/α-hetero) is 1. The van der Waals surface area contributed by atoms with E-state index in [2.05, 4.69) is 27.7 Å². The normalized spacial score (nSPS) is 60.1. The second kappa shape index (κ2) is 2.71. The number of fused-ring (bicyclic) bond motifs is 2. The molecule has 2 aliphatic carbocycles. The minimum Gasteiger partial charge on any atom is -0.365 e. The van der Waals surface area contributed by atoms with Crippen LogP contribution in [-0.4, -0.2) is 28.7 Å². The molecule has 0 aromatic carbocycles. The van der Waals surface area contributed by atoms with Crippen molar-refractivity contribution in [2.45, 2.75) is 76.3 Å². The van der Waals surface area contributed by atoms with Gasteiger partial charge in [0, 0.05) is 6.42 Å². The zero-order valence-corrected chi connectivity index (χ0v) is 11.7. The fraction of sp³-hybridized carbons (Fsp3) is 0.933. The maximum Gasteiger partial charge on any atom is 0.142 e. The van der Waals surface area contributed by atoms with Crippen molar-refractivity contribution in [2.75, 3.05) is 0 Å². The summed E-state index contributed by atoms with van der Waals surface area (Å²) in [6.07, 6.45) is 3.93. The first-order chi connectivity index (χ1) is 8.25. The molecular formula is C15H22O3. The Bertz CT molecular complexity index is 457. The molecule has 2 bridgehead atoms. The summed E-state index contributed by atoms with van der Waals surface area (Å²) in [6, 6.07) is 0. The molecule has 0 unspecified atom stereocenters. The summed E-state index contributed by atoms with van der Waals surface area (Å²) in [5.74, 6) is 0.761. The number of hydrogen-bond donors (Lipinski definition) is 0. The minimum absolute atomic E-state index is 0.190. The number of ether oxygens (including phenoxy) is 2. The molecule has 2 heterocycles. The van der Waals surface area contributed by atoms with Crippen molar-refractivity contribution >= 4 is 5.78 Å². The molecule has 5 atom stereocenters. The van der Waals surface area contributed by atoms with Crippen LogP contribution in [-0.2, 0) is 14.3 Å². The van der Waals surface area contributed by atoms with Crippen LogP contribution >= 0.6 is 0 Å². The predicted octanol–water partition coefficient (Wildman–Crippen LogP) is 2.47. The van der Waals surface area contributed by atoms with E-state index in [9.17, 15) is 4.79 Å². The van der Waals surface area contributed by atoms with Gasteiger partial charge in [-0.25, -0.2) is 0 Å². The highest BCUT2D eigenvalue weighted by molar-refractivity contribution is 5.88. The van der Waals surface area contributed by atoms with Gasteiger partial charge in [-0.15, -0.1) is 0 Å². The molecule has 0 N–H and O–H groups in total. The second-order valence-corrected chi connectivity index (χ2v) is 7.65. The smallest absolute Gasteiger partial charge is 0.142 e. The summed E-state index contributed by atoms with van der Waals surface area (Å²) in [5, 5.41) is 0. The van der Waals surface area contributed by atoms with Gasteiger partial charge in [-0.05, 0) is 52.9 Å². The lowest BCUT2D eigenvalue weighted by Gasteiger charge is -2.52. The molecule has 4 aliphatic rings. The predicted molar refractivity (Wildman–Crippen MR) is 66.2 cm³/mol. The average molecular weight is 250 g/mol. The summed E-state index contributed by atoms with van der Waals surface area (Å²) >= 11 is 0. The first-order valence-corrected chi connectivity index (χ1v) is 7.16. The lowest BCUT2D eigenvalue weighted by Crippen LogP contribution is -2.64. The third-order valence-corrected chi connectivity index (χ3v) is 6.55. The van der Waals surface area contributed by atoms with Crippen molar-refractivity contribution < 1.29 is 14.3 Å². The molecule has 0 amide bonds. The Labute approximate surface area is 108 Å². The fourth-order valence-electron chi connectivity index (χ4n) is 5.06. The van der Waals surface area contributed by atoms with Crippen molar-refractivity contribution in [3.8, 4) is 0 Å². The fourth-order valence-corrected chi connectivity index (χ4v) is 5.06. The van der Waals surface area contributed by atoms with Crippen LogP contribution < -0.4 is 0 Å². The molecule has 2 aliphatic heterocycles. The molecule has 0 aromatic heterocycles. The molecular weight excluding hydrogens is 228 g/mol. The van der Waals surface area contributed by atoms with Gasteiger partial charge in [0.1, 0.15) is 17.0 Å². The van der Waals surface area contributed by atoms with E-state index in [1.807, 2.05) is 0 Å². The zero-order chi connectivity index (χ0) is 13.0. The third-order valence-electron chi connectivity index (χ3n) is 6.55. The number of rotatable bonds is 0. The molecule has 3 nitrogen and oxygen atoms in total. The number of carbonyl (C=O) groups is 1. The van der Waals surface area contributed by atoms with Crippen molar-refractivity contribution in [3.05, 3.63) is 0 Å². The molecule has 2 saturated heterocycles. The molecule has 0 radical (unpaired) electrons. The lowest BCUT2D eigenvalue weighted by molar-refractivity contribution is -0.191. The van der Waals surface area contributed by atoms with E-state index in [1.54, 1.807) is 0 Å². The largest absolute Gasteiger partial charge is 0.365 e. The highest BCUT2D eigenvalue weighted by atomic mass is 16.7. The molecule has 100 valence electrons. The Morgan fingerprint density at radius 2 is 1.94 bits per heavy atom. The van der Waals surface area contributed by atoms with Crippen LogP contribution in [0.4, 0.5) is 0 Å². The van der Waals surface area contributed by atoms with Crippen LogP contribution in [0, 0.1) is 11.3 Å². The molecule has 0 aromatic rings. The van der Waals surface area contributed by atoms with Crippen LogP contribution in [0.15, 0.2) is 0 Å². The highest BCUT2D eigenvalue weighted by Gasteiger charge is 2.81. The number of hydrogen-bond acceptors (Lipinski definition) is 3. The van der Waals surface area contributed by atoms with Gasteiger partial charge in [0.15, 0.2) is 0 Å². The molecule has 4 rings (SSSR count). The van der Waals surface area contributed by atoms with Crippen molar-refractivity contribution in [3.63, 3.8) is 0 Å². The average Bonchev–Trinajstić information content (AvgIpc) is 2.87. The van der Waals surface area contributed by atoms with Crippen LogP contribution in [0.25, 0.3) is 0 Å². The van der Waals surface area contributed by atoms with E-state index < -0.39 is 0 Å². The monoisotopic (exact) mass is 250 g/mol. The van der Waals surface area contributed by atoms with Gasteiger partial charge in [-0.2, -0.15) is 0 Å². The maximum atomic E-state index is 12.7. The summed E-state index contributed by atoms with van der Waals surface area (Å²) < 4.78 is 12.5. The van der Waals surface area contributed by atoms with Gasteiger partial charge < -0.3 is 9.47 Å². The van der Waals surface area contributed by atoms with Crippen LogP contribution in [0.3, 0.4) is 0 Å². The molecule has 3 heteroatoms. The first kappa shape index (κ1) is 11.4. The van der Waals surface area contributed by atoms with Crippen molar-refractivity contribution in [2.24, 2.45) is 11.3 Å². The van der Waals surface area contributed by atoms with Gasteiger partial charge in [0.25, 0.3) is 0 Å². The topological polar surface area (TPSA) is 38.8 Å². The number of carbonyl (C=O) groups excluding carboxylic acids is 1. The maximum absolute atomic E-state index is 12.7. The summed E-state index contributed by atoms with van der Waals surface area (Å²) in [7, 11) is 0. The Morgan fingerprint density at radius 1 is 1.22 bits per heavy atom. The van der Waals surface area contributed by atoms with Crippen LogP contribution in [0.2, 0.25) is 0 Å². The van der Waals surface area contributed by atoms with Gasteiger partial charge in [-0.1, -0.05) is 0 Å². The van der Waals surface area contributed by atoms with Gasteiger partial charge >= 0.3 is 0 Å². The van der Waals surface area contributed by atoms with Crippen molar-refractivity contribution in [1.82, 2.24) is 0 Å². The SMILES string of the molecule is CC1(C)O[C@]23C[C@H]1CC(=O)[C@]2(C)CC[C@@H]1O[C@@]13C. The summed E-state index contributed by atoms with van der Waals surface area (Å²) in [5.41, 5.74) is -1.11. The van der Waals surface area contributed by atoms with Crippen LogP contribution in [0.1, 0.15) is 53.4 Å².